The molecular weight excluding hydrogens is 284 g/mol. The molecule has 4 heteroatoms. The predicted octanol–water partition coefficient (Wildman–Crippen LogP) is 3.61. The van der Waals surface area contributed by atoms with Crippen LogP contribution in [0, 0.1) is 0 Å². The number of carbonyl (C=O) groups is 1. The molecule has 0 spiro atoms. The second kappa shape index (κ2) is 7.25. The molecule has 0 aliphatic rings. The summed E-state index contributed by atoms with van der Waals surface area (Å²) in [4.78, 5) is 12.3. The van der Waals surface area contributed by atoms with E-state index < -0.39 is 6.04 Å². The fourth-order valence-electron chi connectivity index (χ4n) is 2.22. The second-order valence-corrected chi connectivity index (χ2v) is 5.35. The van der Waals surface area contributed by atoms with Crippen molar-refractivity contribution in [2.45, 2.75) is 25.4 Å². The normalized spacial score (nSPS) is 13.5. The number of hydrogen-bond acceptors (Lipinski definition) is 2. The molecule has 3 N–H and O–H groups in total. The van der Waals surface area contributed by atoms with Gasteiger partial charge in [-0.2, -0.15) is 0 Å². The molecule has 0 radical (unpaired) electrons. The molecule has 0 saturated carbocycles. The Morgan fingerprint density at radius 1 is 1.14 bits per heavy atom. The van der Waals surface area contributed by atoms with E-state index in [2.05, 4.69) is 5.32 Å². The number of hydrogen-bond donors (Lipinski definition) is 2. The number of nitrogens with two attached hydrogens (primary N) is 1. The molecule has 1 unspecified atom stereocenters. The molecule has 2 rings (SSSR count). The van der Waals surface area contributed by atoms with Crippen molar-refractivity contribution in [3.63, 3.8) is 0 Å². The third-order valence-electron chi connectivity index (χ3n) is 3.42. The minimum absolute atomic E-state index is 0.0917. The van der Waals surface area contributed by atoms with E-state index in [1.807, 2.05) is 61.5 Å². The van der Waals surface area contributed by atoms with Crippen LogP contribution in [0.1, 0.15) is 36.6 Å². The van der Waals surface area contributed by atoms with E-state index in [-0.39, 0.29) is 11.9 Å². The SMILES string of the molecule is CCC(NC(=O)[C@H](N)c1ccccc1)c1cccc(Cl)c1. The summed E-state index contributed by atoms with van der Waals surface area (Å²) in [6.07, 6.45) is 0.771. The van der Waals surface area contributed by atoms with Crippen LogP contribution < -0.4 is 11.1 Å². The van der Waals surface area contributed by atoms with E-state index in [1.165, 1.54) is 0 Å². The van der Waals surface area contributed by atoms with E-state index in [4.69, 9.17) is 17.3 Å². The first-order chi connectivity index (χ1) is 10.1. The highest BCUT2D eigenvalue weighted by Gasteiger charge is 2.19. The molecule has 3 nitrogen and oxygen atoms in total. The first-order valence-corrected chi connectivity index (χ1v) is 7.36. The van der Waals surface area contributed by atoms with Gasteiger partial charge in [0.25, 0.3) is 0 Å². The Labute approximate surface area is 130 Å². The summed E-state index contributed by atoms with van der Waals surface area (Å²) in [6.45, 7) is 2.01. The molecular formula is C17H19ClN2O. The quantitative estimate of drug-likeness (QED) is 0.886. The fourth-order valence-corrected chi connectivity index (χ4v) is 2.42. The number of benzene rings is 2. The van der Waals surface area contributed by atoms with Crippen molar-refractivity contribution in [2.24, 2.45) is 5.73 Å². The van der Waals surface area contributed by atoms with Crippen molar-refractivity contribution < 1.29 is 4.79 Å². The lowest BCUT2D eigenvalue weighted by Crippen LogP contribution is -2.36. The van der Waals surface area contributed by atoms with Crippen LogP contribution in [0.5, 0.6) is 0 Å². The molecule has 2 atom stereocenters. The standard InChI is InChI=1S/C17H19ClN2O/c1-2-15(13-9-6-10-14(18)11-13)20-17(21)16(19)12-7-4-3-5-8-12/h3-11,15-16H,2,19H2,1H3,(H,20,21)/t15?,16-/m1/s1. The third kappa shape index (κ3) is 4.06. The van der Waals surface area contributed by atoms with E-state index in [0.29, 0.717) is 5.02 Å². The van der Waals surface area contributed by atoms with Crippen molar-refractivity contribution in [2.75, 3.05) is 0 Å². The molecule has 2 aromatic carbocycles. The Kier molecular flexibility index (Phi) is 5.37. The molecule has 2 aromatic rings. The van der Waals surface area contributed by atoms with E-state index in [9.17, 15) is 4.79 Å². The molecule has 110 valence electrons. The van der Waals surface area contributed by atoms with Crippen LogP contribution in [-0.2, 0) is 4.79 Å². The topological polar surface area (TPSA) is 55.1 Å². The minimum Gasteiger partial charge on any atom is -0.348 e. The number of carbonyl (C=O) groups excluding carboxylic acids is 1. The lowest BCUT2D eigenvalue weighted by atomic mass is 10.0. The first kappa shape index (κ1) is 15.5. The maximum absolute atomic E-state index is 12.3. The Balaban J connectivity index is 2.10. The van der Waals surface area contributed by atoms with Crippen LogP contribution in [-0.4, -0.2) is 5.91 Å². The molecule has 1 amide bonds. The largest absolute Gasteiger partial charge is 0.348 e. The van der Waals surface area contributed by atoms with Crippen LogP contribution in [0.25, 0.3) is 0 Å². The summed E-state index contributed by atoms with van der Waals surface area (Å²) in [6, 6.07) is 16.1. The number of rotatable bonds is 5. The number of halogens is 1. The maximum Gasteiger partial charge on any atom is 0.241 e. The Morgan fingerprint density at radius 2 is 1.81 bits per heavy atom. The zero-order chi connectivity index (χ0) is 15.2. The highest BCUT2D eigenvalue weighted by atomic mass is 35.5. The second-order valence-electron chi connectivity index (χ2n) is 4.91. The Morgan fingerprint density at radius 3 is 2.43 bits per heavy atom. The predicted molar refractivity (Wildman–Crippen MR) is 86.0 cm³/mol. The van der Waals surface area contributed by atoms with Crippen LogP contribution in [0.3, 0.4) is 0 Å². The minimum atomic E-state index is -0.667. The maximum atomic E-state index is 12.3. The molecule has 21 heavy (non-hydrogen) atoms. The van der Waals surface area contributed by atoms with Gasteiger partial charge in [0.05, 0.1) is 6.04 Å². The zero-order valence-corrected chi connectivity index (χ0v) is 12.7. The Bertz CT molecular complexity index is 601. The smallest absolute Gasteiger partial charge is 0.241 e. The molecule has 0 fully saturated rings. The van der Waals surface area contributed by atoms with Crippen molar-refractivity contribution in [1.82, 2.24) is 5.32 Å². The Hall–Kier alpha value is -1.84. The average Bonchev–Trinajstić information content (AvgIpc) is 2.52. The van der Waals surface area contributed by atoms with Crippen molar-refractivity contribution in [1.29, 1.82) is 0 Å². The van der Waals surface area contributed by atoms with Gasteiger partial charge in [0.15, 0.2) is 0 Å². The van der Waals surface area contributed by atoms with Crippen molar-refractivity contribution in [3.8, 4) is 0 Å². The van der Waals surface area contributed by atoms with Gasteiger partial charge in [-0.1, -0.05) is 61.0 Å². The van der Waals surface area contributed by atoms with Gasteiger partial charge in [0.1, 0.15) is 6.04 Å². The van der Waals surface area contributed by atoms with E-state index in [0.717, 1.165) is 17.5 Å². The van der Waals surface area contributed by atoms with E-state index >= 15 is 0 Å². The summed E-state index contributed by atoms with van der Waals surface area (Å²) < 4.78 is 0. The van der Waals surface area contributed by atoms with Gasteiger partial charge in [-0.3, -0.25) is 4.79 Å². The summed E-state index contributed by atoms with van der Waals surface area (Å²) in [5.41, 5.74) is 7.80. The van der Waals surface area contributed by atoms with Crippen molar-refractivity contribution in [3.05, 3.63) is 70.7 Å². The van der Waals surface area contributed by atoms with Gasteiger partial charge in [-0.15, -0.1) is 0 Å². The van der Waals surface area contributed by atoms with Crippen LogP contribution in [0.2, 0.25) is 5.02 Å². The molecule has 0 heterocycles. The van der Waals surface area contributed by atoms with Gasteiger partial charge >= 0.3 is 0 Å². The lowest BCUT2D eigenvalue weighted by Gasteiger charge is -2.20. The van der Waals surface area contributed by atoms with Gasteiger partial charge in [0, 0.05) is 5.02 Å². The van der Waals surface area contributed by atoms with Gasteiger partial charge in [-0.05, 0) is 29.7 Å². The summed E-state index contributed by atoms with van der Waals surface area (Å²) >= 11 is 6.00. The molecule has 0 aliphatic heterocycles. The third-order valence-corrected chi connectivity index (χ3v) is 3.65. The molecule has 0 bridgehead atoms. The molecule has 0 saturated heterocycles. The average molecular weight is 303 g/mol. The van der Waals surface area contributed by atoms with Crippen LogP contribution >= 0.6 is 11.6 Å². The van der Waals surface area contributed by atoms with Gasteiger partial charge in [-0.25, -0.2) is 0 Å². The van der Waals surface area contributed by atoms with Gasteiger partial charge in [0.2, 0.25) is 5.91 Å². The lowest BCUT2D eigenvalue weighted by molar-refractivity contribution is -0.123. The fraction of sp³-hybridized carbons (Fsp3) is 0.235. The highest BCUT2D eigenvalue weighted by molar-refractivity contribution is 6.30. The highest BCUT2D eigenvalue weighted by Crippen LogP contribution is 2.21. The van der Waals surface area contributed by atoms with Crippen LogP contribution in [0.15, 0.2) is 54.6 Å². The van der Waals surface area contributed by atoms with Gasteiger partial charge < -0.3 is 11.1 Å². The monoisotopic (exact) mass is 302 g/mol. The zero-order valence-electron chi connectivity index (χ0n) is 11.9. The van der Waals surface area contributed by atoms with Crippen LogP contribution in [0.4, 0.5) is 0 Å². The number of nitrogens with one attached hydrogen (secondary N) is 1. The van der Waals surface area contributed by atoms with E-state index in [1.54, 1.807) is 0 Å². The molecule has 0 aliphatic carbocycles. The molecule has 0 aromatic heterocycles. The first-order valence-electron chi connectivity index (χ1n) is 6.98. The summed E-state index contributed by atoms with van der Waals surface area (Å²) in [5, 5.41) is 3.65. The number of amides is 1. The summed E-state index contributed by atoms with van der Waals surface area (Å²) in [5.74, 6) is -0.187. The van der Waals surface area contributed by atoms with Crippen molar-refractivity contribution >= 4 is 17.5 Å². The summed E-state index contributed by atoms with van der Waals surface area (Å²) in [7, 11) is 0.